The molecule has 1 unspecified atom stereocenters. The predicted molar refractivity (Wildman–Crippen MR) is 103 cm³/mol. The summed E-state index contributed by atoms with van der Waals surface area (Å²) < 4.78 is 0. The maximum atomic E-state index is 12.4. The van der Waals surface area contributed by atoms with Crippen molar-refractivity contribution in [2.24, 2.45) is 17.6 Å². The van der Waals surface area contributed by atoms with Crippen LogP contribution < -0.4 is 11.1 Å². The number of piperidine rings is 1. The van der Waals surface area contributed by atoms with Crippen molar-refractivity contribution in [1.29, 1.82) is 0 Å². The Morgan fingerprint density at radius 3 is 2.60 bits per heavy atom. The van der Waals surface area contributed by atoms with Crippen molar-refractivity contribution in [2.75, 3.05) is 19.6 Å². The Bertz CT molecular complexity index is 551. The molecular formula is C19H30ClN3O2. The zero-order valence-electron chi connectivity index (χ0n) is 15.1. The fourth-order valence-corrected chi connectivity index (χ4v) is 3.10. The number of nitrogens with one attached hydrogen (secondary N) is 1. The normalized spacial score (nSPS) is 18.4. The van der Waals surface area contributed by atoms with Gasteiger partial charge in [-0.1, -0.05) is 44.2 Å². The lowest BCUT2D eigenvalue weighted by Gasteiger charge is -2.33. The summed E-state index contributed by atoms with van der Waals surface area (Å²) in [6.07, 6.45) is 3.15. The first-order valence-corrected chi connectivity index (χ1v) is 8.82. The molecule has 1 aliphatic rings. The molecule has 0 spiro atoms. The van der Waals surface area contributed by atoms with Gasteiger partial charge < -0.3 is 16.0 Å². The van der Waals surface area contributed by atoms with Crippen molar-refractivity contribution < 1.29 is 9.59 Å². The zero-order chi connectivity index (χ0) is 17.5. The minimum Gasteiger partial charge on any atom is -0.346 e. The highest BCUT2D eigenvalue weighted by Gasteiger charge is 2.25. The van der Waals surface area contributed by atoms with Crippen LogP contribution in [0, 0.1) is 11.8 Å². The highest BCUT2D eigenvalue weighted by Crippen LogP contribution is 2.20. The number of hydrogen-bond donors (Lipinski definition) is 2. The van der Waals surface area contributed by atoms with Crippen LogP contribution in [0.3, 0.4) is 0 Å². The highest BCUT2D eigenvalue weighted by atomic mass is 35.5. The fourth-order valence-electron chi connectivity index (χ4n) is 3.10. The Hall–Kier alpha value is -1.59. The molecule has 0 aromatic heterocycles. The van der Waals surface area contributed by atoms with E-state index >= 15 is 0 Å². The van der Waals surface area contributed by atoms with Gasteiger partial charge in [0.2, 0.25) is 11.8 Å². The number of nitrogens with zero attached hydrogens (tertiary/aromatic N) is 1. The number of carbonyl (C=O) groups excluding carboxylic acids is 2. The highest BCUT2D eigenvalue weighted by molar-refractivity contribution is 5.87. The first kappa shape index (κ1) is 21.5. The van der Waals surface area contributed by atoms with Gasteiger partial charge in [-0.05, 0) is 36.7 Å². The second kappa shape index (κ2) is 10.4. The Labute approximate surface area is 156 Å². The van der Waals surface area contributed by atoms with Gasteiger partial charge in [0, 0.05) is 13.1 Å². The number of amides is 2. The molecule has 0 aliphatic carbocycles. The largest absolute Gasteiger partial charge is 0.346 e. The van der Waals surface area contributed by atoms with Crippen molar-refractivity contribution in [2.45, 2.75) is 39.2 Å². The van der Waals surface area contributed by atoms with E-state index in [1.165, 1.54) is 5.56 Å². The molecule has 2 amide bonds. The van der Waals surface area contributed by atoms with Crippen LogP contribution in [0.5, 0.6) is 0 Å². The summed E-state index contributed by atoms with van der Waals surface area (Å²) in [5.74, 6) is 0.275. The fraction of sp³-hybridized carbons (Fsp3) is 0.579. The van der Waals surface area contributed by atoms with Crippen molar-refractivity contribution in [3.8, 4) is 0 Å². The van der Waals surface area contributed by atoms with E-state index in [9.17, 15) is 9.59 Å². The molecule has 6 heteroatoms. The second-order valence-corrected chi connectivity index (χ2v) is 7.03. The van der Waals surface area contributed by atoms with Gasteiger partial charge in [0.05, 0.1) is 12.6 Å². The van der Waals surface area contributed by atoms with E-state index in [4.69, 9.17) is 5.73 Å². The quantitative estimate of drug-likeness (QED) is 0.807. The third-order valence-electron chi connectivity index (χ3n) is 4.67. The van der Waals surface area contributed by atoms with Crippen LogP contribution in [0.2, 0.25) is 0 Å². The van der Waals surface area contributed by atoms with E-state index in [1.807, 2.05) is 24.8 Å². The molecule has 0 radical (unpaired) electrons. The third kappa shape index (κ3) is 6.67. The number of hydrogen-bond acceptors (Lipinski definition) is 3. The topological polar surface area (TPSA) is 75.4 Å². The van der Waals surface area contributed by atoms with Gasteiger partial charge in [-0.3, -0.25) is 9.59 Å². The summed E-state index contributed by atoms with van der Waals surface area (Å²) in [6.45, 7) is 5.36. The predicted octanol–water partition coefficient (Wildman–Crippen LogP) is 1.99. The Balaban J connectivity index is 0.00000312. The number of halogens is 1. The van der Waals surface area contributed by atoms with Crippen LogP contribution in [-0.4, -0.2) is 42.4 Å². The van der Waals surface area contributed by atoms with Crippen molar-refractivity contribution >= 4 is 24.2 Å². The lowest BCUT2D eigenvalue weighted by molar-refractivity contribution is -0.134. The van der Waals surface area contributed by atoms with Gasteiger partial charge in [0.15, 0.2) is 0 Å². The number of benzene rings is 1. The van der Waals surface area contributed by atoms with Gasteiger partial charge in [-0.25, -0.2) is 0 Å². The van der Waals surface area contributed by atoms with E-state index in [1.54, 1.807) is 0 Å². The van der Waals surface area contributed by atoms with Gasteiger partial charge in [0.1, 0.15) is 0 Å². The maximum absolute atomic E-state index is 12.4. The van der Waals surface area contributed by atoms with Crippen LogP contribution >= 0.6 is 12.4 Å². The Morgan fingerprint density at radius 2 is 1.96 bits per heavy atom. The first-order valence-electron chi connectivity index (χ1n) is 8.82. The molecule has 1 heterocycles. The lowest BCUT2D eigenvalue weighted by atomic mass is 9.91. The Kier molecular flexibility index (Phi) is 8.93. The van der Waals surface area contributed by atoms with Crippen LogP contribution in [-0.2, 0) is 16.0 Å². The summed E-state index contributed by atoms with van der Waals surface area (Å²) in [4.78, 5) is 26.1. The Morgan fingerprint density at radius 1 is 1.28 bits per heavy atom. The minimum atomic E-state index is -0.565. The third-order valence-corrected chi connectivity index (χ3v) is 4.67. The van der Waals surface area contributed by atoms with Gasteiger partial charge in [-0.2, -0.15) is 0 Å². The van der Waals surface area contributed by atoms with Crippen molar-refractivity contribution in [1.82, 2.24) is 10.2 Å². The molecule has 25 heavy (non-hydrogen) atoms. The van der Waals surface area contributed by atoms with Crippen LogP contribution in [0.1, 0.15) is 32.3 Å². The molecule has 2 atom stereocenters. The molecule has 2 rings (SSSR count). The summed E-state index contributed by atoms with van der Waals surface area (Å²) in [5.41, 5.74) is 7.11. The summed E-state index contributed by atoms with van der Waals surface area (Å²) in [7, 11) is 0. The molecule has 1 aliphatic heterocycles. The van der Waals surface area contributed by atoms with E-state index in [0.717, 1.165) is 32.4 Å². The molecule has 140 valence electrons. The molecular weight excluding hydrogens is 338 g/mol. The minimum absolute atomic E-state index is 0. The number of rotatable bonds is 6. The van der Waals surface area contributed by atoms with E-state index in [0.29, 0.717) is 5.92 Å². The molecule has 0 bridgehead atoms. The van der Waals surface area contributed by atoms with E-state index in [-0.39, 0.29) is 36.7 Å². The standard InChI is InChI=1S/C19H29N3O2.ClH/c1-14(2)18(20)19(24)21-12-17(23)22-10-6-9-16(13-22)11-15-7-4-3-5-8-15;/h3-5,7-8,14,16,18H,6,9-13,20H2,1-2H3,(H,21,24);1H/t16?,18-;/m0./s1. The average molecular weight is 368 g/mol. The SMILES string of the molecule is CC(C)[C@H](N)C(=O)NCC(=O)N1CCCC(Cc2ccccc2)C1.Cl. The van der Waals surface area contributed by atoms with Crippen LogP contribution in [0.15, 0.2) is 30.3 Å². The zero-order valence-corrected chi connectivity index (χ0v) is 15.9. The molecule has 1 aromatic rings. The molecule has 3 N–H and O–H groups in total. The van der Waals surface area contributed by atoms with Crippen molar-refractivity contribution in [3.63, 3.8) is 0 Å². The lowest BCUT2D eigenvalue weighted by Crippen LogP contribution is -2.49. The summed E-state index contributed by atoms with van der Waals surface area (Å²) >= 11 is 0. The summed E-state index contributed by atoms with van der Waals surface area (Å²) in [6, 6.07) is 9.82. The van der Waals surface area contributed by atoms with Crippen LogP contribution in [0.25, 0.3) is 0 Å². The summed E-state index contributed by atoms with van der Waals surface area (Å²) in [5, 5.41) is 2.67. The smallest absolute Gasteiger partial charge is 0.241 e. The average Bonchev–Trinajstić information content (AvgIpc) is 2.59. The molecule has 1 saturated heterocycles. The van der Waals surface area contributed by atoms with E-state index in [2.05, 4.69) is 29.6 Å². The monoisotopic (exact) mass is 367 g/mol. The number of carbonyl (C=O) groups is 2. The van der Waals surface area contributed by atoms with Crippen LogP contribution in [0.4, 0.5) is 0 Å². The molecule has 0 saturated carbocycles. The van der Waals surface area contributed by atoms with Gasteiger partial charge in [0.25, 0.3) is 0 Å². The van der Waals surface area contributed by atoms with Gasteiger partial charge in [-0.15, -0.1) is 12.4 Å². The van der Waals surface area contributed by atoms with Gasteiger partial charge >= 0.3 is 0 Å². The number of nitrogens with two attached hydrogens (primary N) is 1. The van der Waals surface area contributed by atoms with Crippen molar-refractivity contribution in [3.05, 3.63) is 35.9 Å². The molecule has 1 aromatic carbocycles. The second-order valence-electron chi connectivity index (χ2n) is 7.03. The number of likely N-dealkylation sites (tertiary alicyclic amines) is 1. The van der Waals surface area contributed by atoms with E-state index < -0.39 is 6.04 Å². The maximum Gasteiger partial charge on any atom is 0.241 e. The molecule has 1 fully saturated rings. The first-order chi connectivity index (χ1) is 11.5. The molecule has 5 nitrogen and oxygen atoms in total.